The molecular formula is C35H34FN3O10. The molecule has 0 radical (unpaired) electrons. The molecule has 1 fully saturated rings. The number of methoxy groups -OCH3 is 3. The third-order valence-corrected chi connectivity index (χ3v) is 7.82. The summed E-state index contributed by atoms with van der Waals surface area (Å²) in [4.78, 5) is 56.6. The molecule has 5 rings (SSSR count). The lowest BCUT2D eigenvalue weighted by atomic mass is 10.1. The highest BCUT2D eigenvalue weighted by Crippen LogP contribution is 2.38. The minimum atomic E-state index is -1.46. The van der Waals surface area contributed by atoms with E-state index in [2.05, 4.69) is 10.3 Å². The number of carbonyl (C=O) groups is 3. The Kier molecular flexibility index (Phi) is 10.3. The van der Waals surface area contributed by atoms with Crippen molar-refractivity contribution in [1.82, 2.24) is 9.55 Å². The molecule has 2 heterocycles. The van der Waals surface area contributed by atoms with Gasteiger partial charge in [0.2, 0.25) is 5.75 Å². The summed E-state index contributed by atoms with van der Waals surface area (Å²) in [6, 6.07) is 15.9. The van der Waals surface area contributed by atoms with E-state index in [0.29, 0.717) is 0 Å². The molecule has 0 aliphatic carbocycles. The van der Waals surface area contributed by atoms with Crippen LogP contribution in [0.15, 0.2) is 71.7 Å². The van der Waals surface area contributed by atoms with Crippen molar-refractivity contribution in [3.8, 4) is 17.2 Å². The van der Waals surface area contributed by atoms with E-state index in [0.717, 1.165) is 21.9 Å². The Hall–Kier alpha value is -5.76. The number of nitrogens with zero attached hydrogens (tertiary/aromatic N) is 2. The SMILES string of the molecule is COc1cc(C(=O)Nc2nc(=O)n([C@@H]3O[C@H](C)[C@@H](OC(=O)c4ccc(C)cc4)[C@H]3OC(=O)c3ccc(C)cc3)cc2F)cc(OC)c1OC. The van der Waals surface area contributed by atoms with E-state index in [1.165, 1.54) is 33.5 Å². The molecule has 256 valence electrons. The quantitative estimate of drug-likeness (QED) is 0.234. The number of carbonyl (C=O) groups excluding carboxylic acids is 3. The Balaban J connectivity index is 1.45. The van der Waals surface area contributed by atoms with Crippen LogP contribution in [-0.4, -0.2) is 67.0 Å². The molecule has 1 saturated heterocycles. The number of hydrogen-bond donors (Lipinski definition) is 1. The topological polar surface area (TPSA) is 154 Å². The number of ether oxygens (including phenoxy) is 6. The Labute approximate surface area is 280 Å². The van der Waals surface area contributed by atoms with Crippen molar-refractivity contribution in [3.05, 3.63) is 111 Å². The van der Waals surface area contributed by atoms with Gasteiger partial charge in [0, 0.05) is 5.56 Å². The molecule has 1 aliphatic rings. The minimum Gasteiger partial charge on any atom is -0.493 e. The highest BCUT2D eigenvalue weighted by atomic mass is 19.1. The van der Waals surface area contributed by atoms with Gasteiger partial charge in [-0.15, -0.1) is 0 Å². The van der Waals surface area contributed by atoms with Crippen LogP contribution in [0.25, 0.3) is 0 Å². The molecule has 1 aliphatic heterocycles. The number of halogens is 1. The summed E-state index contributed by atoms with van der Waals surface area (Å²) >= 11 is 0. The van der Waals surface area contributed by atoms with Gasteiger partial charge >= 0.3 is 17.6 Å². The fraction of sp³-hybridized carbons (Fsp3) is 0.286. The third-order valence-electron chi connectivity index (χ3n) is 7.82. The van der Waals surface area contributed by atoms with Crippen LogP contribution in [0, 0.1) is 19.7 Å². The Morgan fingerprint density at radius 2 is 1.31 bits per heavy atom. The lowest BCUT2D eigenvalue weighted by molar-refractivity contribution is -0.0513. The Bertz CT molecular complexity index is 1900. The van der Waals surface area contributed by atoms with Gasteiger partial charge in [0.05, 0.1) is 44.8 Å². The molecule has 0 unspecified atom stereocenters. The van der Waals surface area contributed by atoms with Gasteiger partial charge in [0.15, 0.2) is 41.6 Å². The first kappa shape index (κ1) is 34.6. The zero-order valence-corrected chi connectivity index (χ0v) is 27.5. The van der Waals surface area contributed by atoms with Crippen LogP contribution in [0.5, 0.6) is 17.2 Å². The van der Waals surface area contributed by atoms with Gasteiger partial charge < -0.3 is 33.7 Å². The van der Waals surface area contributed by atoms with Crippen molar-refractivity contribution in [1.29, 1.82) is 0 Å². The molecule has 1 N–H and O–H groups in total. The van der Waals surface area contributed by atoms with Gasteiger partial charge in [-0.3, -0.25) is 9.36 Å². The zero-order valence-electron chi connectivity index (χ0n) is 27.5. The molecule has 0 spiro atoms. The lowest BCUT2D eigenvalue weighted by Gasteiger charge is -2.24. The van der Waals surface area contributed by atoms with Gasteiger partial charge in [-0.2, -0.15) is 4.98 Å². The van der Waals surface area contributed by atoms with Crippen molar-refractivity contribution in [2.75, 3.05) is 26.6 Å². The minimum absolute atomic E-state index is 0.00542. The maximum atomic E-state index is 15.6. The van der Waals surface area contributed by atoms with Gasteiger partial charge in [0.1, 0.15) is 0 Å². The highest BCUT2D eigenvalue weighted by molar-refractivity contribution is 6.04. The summed E-state index contributed by atoms with van der Waals surface area (Å²) in [7, 11) is 4.13. The number of aryl methyl sites for hydroxylation is 2. The molecule has 49 heavy (non-hydrogen) atoms. The summed E-state index contributed by atoms with van der Waals surface area (Å²) in [5, 5.41) is 2.27. The predicted molar refractivity (Wildman–Crippen MR) is 173 cm³/mol. The summed E-state index contributed by atoms with van der Waals surface area (Å²) in [5.74, 6) is -3.55. The van der Waals surface area contributed by atoms with Gasteiger partial charge in [-0.05, 0) is 57.2 Å². The van der Waals surface area contributed by atoms with E-state index in [-0.39, 0.29) is 33.9 Å². The molecule has 1 aromatic heterocycles. The standard InChI is InChI=1S/C35H34FN3O10/c1-18-7-11-21(12-8-18)33(41)48-27-20(3)47-32(29(27)49-34(42)22-13-9-19(2)10-14-22)39-17-24(36)30(38-35(39)43)37-31(40)23-15-25(44-4)28(46-6)26(16-23)45-5/h7-17,20,27,29,32H,1-6H3,(H,37,38,40,43)/t20-,27-,29-,32-/m1/s1. The molecule has 4 atom stereocenters. The van der Waals surface area contributed by atoms with Gasteiger partial charge in [0.25, 0.3) is 5.91 Å². The molecule has 14 heteroatoms. The van der Waals surface area contributed by atoms with Crippen LogP contribution in [0.3, 0.4) is 0 Å². The normalized spacial score (nSPS) is 18.3. The molecule has 0 bridgehead atoms. The second-order valence-corrected chi connectivity index (χ2v) is 11.2. The number of anilines is 1. The van der Waals surface area contributed by atoms with Crippen molar-refractivity contribution in [2.24, 2.45) is 0 Å². The van der Waals surface area contributed by atoms with Crippen LogP contribution in [-0.2, 0) is 14.2 Å². The average Bonchev–Trinajstić information content (AvgIpc) is 3.39. The lowest BCUT2D eigenvalue weighted by Crippen LogP contribution is -2.41. The largest absolute Gasteiger partial charge is 0.493 e. The smallest absolute Gasteiger partial charge is 0.351 e. The van der Waals surface area contributed by atoms with Gasteiger partial charge in [-0.1, -0.05) is 35.4 Å². The number of amides is 1. The summed E-state index contributed by atoms with van der Waals surface area (Å²) in [6.45, 7) is 5.27. The number of esters is 2. The maximum Gasteiger partial charge on any atom is 0.351 e. The van der Waals surface area contributed by atoms with Crippen LogP contribution in [0.4, 0.5) is 10.2 Å². The van der Waals surface area contributed by atoms with E-state index in [4.69, 9.17) is 28.4 Å². The van der Waals surface area contributed by atoms with E-state index in [1.807, 2.05) is 13.8 Å². The van der Waals surface area contributed by atoms with Crippen molar-refractivity contribution < 1.29 is 47.2 Å². The van der Waals surface area contributed by atoms with E-state index in [9.17, 15) is 19.2 Å². The van der Waals surface area contributed by atoms with E-state index < -0.39 is 59.7 Å². The molecule has 4 aromatic rings. The summed E-state index contributed by atoms with van der Waals surface area (Å²) in [6.07, 6.45) is -4.23. The highest BCUT2D eigenvalue weighted by Gasteiger charge is 2.49. The average molecular weight is 676 g/mol. The maximum absolute atomic E-state index is 15.6. The Morgan fingerprint density at radius 1 is 0.796 bits per heavy atom. The molecule has 3 aromatic carbocycles. The fourth-order valence-corrected chi connectivity index (χ4v) is 5.19. The van der Waals surface area contributed by atoms with Crippen LogP contribution < -0.4 is 25.2 Å². The number of rotatable bonds is 10. The second kappa shape index (κ2) is 14.6. The van der Waals surface area contributed by atoms with Crippen molar-refractivity contribution in [2.45, 2.75) is 45.3 Å². The fourth-order valence-electron chi connectivity index (χ4n) is 5.19. The first-order valence-electron chi connectivity index (χ1n) is 15.0. The summed E-state index contributed by atoms with van der Waals surface area (Å²) < 4.78 is 49.7. The molecule has 0 saturated carbocycles. The first-order chi connectivity index (χ1) is 23.4. The van der Waals surface area contributed by atoms with Crippen LogP contribution in [0.1, 0.15) is 55.4 Å². The number of hydrogen-bond acceptors (Lipinski definition) is 11. The molecule has 13 nitrogen and oxygen atoms in total. The zero-order chi connectivity index (χ0) is 35.4. The monoisotopic (exact) mass is 675 g/mol. The first-order valence-corrected chi connectivity index (χ1v) is 15.0. The van der Waals surface area contributed by atoms with Crippen LogP contribution >= 0.6 is 0 Å². The van der Waals surface area contributed by atoms with Crippen molar-refractivity contribution >= 4 is 23.7 Å². The van der Waals surface area contributed by atoms with E-state index in [1.54, 1.807) is 55.5 Å². The number of nitrogens with one attached hydrogen (secondary N) is 1. The summed E-state index contributed by atoms with van der Waals surface area (Å²) in [5.41, 5.74) is 1.20. The predicted octanol–water partition coefficient (Wildman–Crippen LogP) is 4.65. The number of benzene rings is 3. The van der Waals surface area contributed by atoms with Crippen molar-refractivity contribution in [3.63, 3.8) is 0 Å². The number of aromatic nitrogens is 2. The Morgan fingerprint density at radius 3 is 1.80 bits per heavy atom. The second-order valence-electron chi connectivity index (χ2n) is 11.2. The molecular weight excluding hydrogens is 641 g/mol. The third kappa shape index (κ3) is 7.38. The van der Waals surface area contributed by atoms with Crippen LogP contribution in [0.2, 0.25) is 0 Å². The van der Waals surface area contributed by atoms with Gasteiger partial charge in [-0.25, -0.2) is 18.8 Å². The van der Waals surface area contributed by atoms with E-state index >= 15 is 4.39 Å². The molecule has 1 amide bonds.